The van der Waals surface area contributed by atoms with E-state index < -0.39 is 22.0 Å². The third kappa shape index (κ3) is 3.21. The van der Waals surface area contributed by atoms with E-state index in [1.165, 1.54) is 12.1 Å². The number of hydrogen-bond acceptors (Lipinski definition) is 5. The molecule has 0 fully saturated rings. The second-order valence-electron chi connectivity index (χ2n) is 4.02. The lowest BCUT2D eigenvalue weighted by atomic mass is 10.2. The first kappa shape index (κ1) is 14.6. The Morgan fingerprint density at radius 1 is 1.35 bits per heavy atom. The zero-order valence-electron chi connectivity index (χ0n) is 10.5. The molecule has 0 aliphatic heterocycles. The van der Waals surface area contributed by atoms with E-state index in [2.05, 4.69) is 9.71 Å². The molecule has 2 N–H and O–H groups in total. The number of nitrogens with one attached hydrogen (secondary N) is 1. The number of carbonyl (C=O) groups is 1. The van der Waals surface area contributed by atoms with E-state index in [0.29, 0.717) is 17.0 Å². The average Bonchev–Trinajstić information content (AvgIpc) is 2.90. The van der Waals surface area contributed by atoms with Gasteiger partial charge in [0.25, 0.3) is 10.0 Å². The number of nitrogens with zero attached hydrogens (tertiary/aromatic N) is 1. The molecule has 2 aromatic heterocycles. The monoisotopic (exact) mass is 312 g/mol. The van der Waals surface area contributed by atoms with Crippen LogP contribution in [0.5, 0.6) is 0 Å². The van der Waals surface area contributed by atoms with Crippen molar-refractivity contribution in [3.05, 3.63) is 47.1 Å². The first-order valence-corrected chi connectivity index (χ1v) is 7.96. The van der Waals surface area contributed by atoms with Crippen LogP contribution in [-0.2, 0) is 10.0 Å². The van der Waals surface area contributed by atoms with Gasteiger partial charge in [-0.2, -0.15) is 0 Å². The molecule has 0 unspecified atom stereocenters. The van der Waals surface area contributed by atoms with Gasteiger partial charge in [-0.1, -0.05) is 6.07 Å². The Labute approximate surface area is 120 Å². The molecular formula is C12H12N2O4S2. The fourth-order valence-corrected chi connectivity index (χ4v) is 3.94. The van der Waals surface area contributed by atoms with Crippen molar-refractivity contribution in [3.8, 4) is 0 Å². The maximum absolute atomic E-state index is 12.1. The number of pyridine rings is 1. The van der Waals surface area contributed by atoms with Crippen LogP contribution in [0.25, 0.3) is 0 Å². The van der Waals surface area contributed by atoms with Gasteiger partial charge in [-0.3, -0.25) is 4.98 Å². The van der Waals surface area contributed by atoms with Gasteiger partial charge in [0, 0.05) is 6.20 Å². The number of sulfonamides is 1. The van der Waals surface area contributed by atoms with Gasteiger partial charge < -0.3 is 5.11 Å². The summed E-state index contributed by atoms with van der Waals surface area (Å²) in [6.07, 6.45) is 1.58. The van der Waals surface area contributed by atoms with Gasteiger partial charge in [0.1, 0.15) is 9.09 Å². The first-order valence-electron chi connectivity index (χ1n) is 5.66. The topological polar surface area (TPSA) is 96.4 Å². The fourth-order valence-electron chi connectivity index (χ4n) is 1.56. The minimum absolute atomic E-state index is 0.0177. The number of carboxylic acid groups (broad SMARTS) is 1. The Bertz CT molecular complexity index is 710. The molecule has 6 nitrogen and oxygen atoms in total. The van der Waals surface area contributed by atoms with Crippen molar-refractivity contribution in [1.82, 2.24) is 9.71 Å². The minimum atomic E-state index is -3.76. The van der Waals surface area contributed by atoms with Gasteiger partial charge in [0.2, 0.25) is 0 Å². The lowest BCUT2D eigenvalue weighted by molar-refractivity contribution is 0.0702. The Balaban J connectivity index is 2.20. The van der Waals surface area contributed by atoms with Crippen molar-refractivity contribution in [2.24, 2.45) is 0 Å². The molecule has 0 spiro atoms. The van der Waals surface area contributed by atoms with Crippen LogP contribution in [0.3, 0.4) is 0 Å². The van der Waals surface area contributed by atoms with Gasteiger partial charge in [0.05, 0.1) is 11.7 Å². The molecule has 2 aromatic rings. The SMILES string of the molecule is C[C@H](NS(=O)(=O)c1ccc(C(=O)O)s1)c1ccccn1. The summed E-state index contributed by atoms with van der Waals surface area (Å²) in [6, 6.07) is 7.26. The summed E-state index contributed by atoms with van der Waals surface area (Å²) < 4.78 is 26.7. The summed E-state index contributed by atoms with van der Waals surface area (Å²) in [7, 11) is -3.76. The first-order chi connectivity index (χ1) is 9.40. The van der Waals surface area contributed by atoms with Gasteiger partial charge in [-0.05, 0) is 31.2 Å². The van der Waals surface area contributed by atoms with E-state index in [1.54, 1.807) is 31.3 Å². The molecule has 8 heteroatoms. The minimum Gasteiger partial charge on any atom is -0.477 e. The van der Waals surface area contributed by atoms with Crippen LogP contribution in [-0.4, -0.2) is 24.5 Å². The van der Waals surface area contributed by atoms with Crippen LogP contribution in [0.15, 0.2) is 40.7 Å². The van der Waals surface area contributed by atoms with Crippen LogP contribution in [0.1, 0.15) is 28.3 Å². The molecule has 2 heterocycles. The number of hydrogen-bond donors (Lipinski definition) is 2. The van der Waals surface area contributed by atoms with Gasteiger partial charge in [-0.25, -0.2) is 17.9 Å². The molecule has 2 rings (SSSR count). The second kappa shape index (κ2) is 5.70. The van der Waals surface area contributed by atoms with Gasteiger partial charge in [-0.15, -0.1) is 11.3 Å². The summed E-state index contributed by atoms with van der Waals surface area (Å²) >= 11 is 0.715. The van der Waals surface area contributed by atoms with E-state index in [0.717, 1.165) is 0 Å². The van der Waals surface area contributed by atoms with Crippen LogP contribution in [0.4, 0.5) is 0 Å². The van der Waals surface area contributed by atoms with Crippen molar-refractivity contribution in [1.29, 1.82) is 0 Å². The van der Waals surface area contributed by atoms with Crippen molar-refractivity contribution in [2.75, 3.05) is 0 Å². The zero-order chi connectivity index (χ0) is 14.8. The predicted octanol–water partition coefficient (Wildman–Crippen LogP) is 1.88. The Hall–Kier alpha value is -1.77. The summed E-state index contributed by atoms with van der Waals surface area (Å²) in [5.41, 5.74) is 0.589. The fraction of sp³-hybridized carbons (Fsp3) is 0.167. The highest BCUT2D eigenvalue weighted by atomic mass is 32.2. The number of aromatic nitrogens is 1. The van der Waals surface area contributed by atoms with E-state index >= 15 is 0 Å². The number of carboxylic acids is 1. The van der Waals surface area contributed by atoms with Crippen molar-refractivity contribution < 1.29 is 18.3 Å². The molecule has 0 aromatic carbocycles. The highest BCUT2D eigenvalue weighted by Gasteiger charge is 2.22. The third-order valence-corrected chi connectivity index (χ3v) is 5.63. The normalized spacial score (nSPS) is 13.1. The molecule has 0 radical (unpaired) electrons. The molecular weight excluding hydrogens is 300 g/mol. The molecule has 0 saturated carbocycles. The Kier molecular flexibility index (Phi) is 4.17. The average molecular weight is 312 g/mol. The molecule has 0 amide bonds. The van der Waals surface area contributed by atoms with Gasteiger partial charge in [0.15, 0.2) is 0 Å². The van der Waals surface area contributed by atoms with Gasteiger partial charge >= 0.3 is 5.97 Å². The second-order valence-corrected chi connectivity index (χ2v) is 7.05. The van der Waals surface area contributed by atoms with Crippen LogP contribution in [0, 0.1) is 0 Å². The maximum atomic E-state index is 12.1. The molecule has 1 atom stereocenters. The molecule has 0 bridgehead atoms. The lowest BCUT2D eigenvalue weighted by Crippen LogP contribution is -2.26. The van der Waals surface area contributed by atoms with Crippen molar-refractivity contribution in [3.63, 3.8) is 0 Å². The standard InChI is InChI=1S/C12H12N2O4S2/c1-8(9-4-2-3-7-13-9)14-20(17,18)11-6-5-10(19-11)12(15)16/h2-8,14H,1H3,(H,15,16)/t8-/m0/s1. The Morgan fingerprint density at radius 2 is 2.10 bits per heavy atom. The third-order valence-electron chi connectivity index (χ3n) is 2.52. The Morgan fingerprint density at radius 3 is 2.65 bits per heavy atom. The molecule has 106 valence electrons. The van der Waals surface area contributed by atoms with E-state index in [-0.39, 0.29) is 9.09 Å². The van der Waals surface area contributed by atoms with Crippen LogP contribution in [0.2, 0.25) is 0 Å². The van der Waals surface area contributed by atoms with E-state index in [4.69, 9.17) is 5.11 Å². The number of rotatable bonds is 5. The van der Waals surface area contributed by atoms with Crippen molar-refractivity contribution >= 4 is 27.3 Å². The summed E-state index contributed by atoms with van der Waals surface area (Å²) in [5.74, 6) is -1.14. The summed E-state index contributed by atoms with van der Waals surface area (Å²) in [5, 5.41) is 8.81. The maximum Gasteiger partial charge on any atom is 0.345 e. The quantitative estimate of drug-likeness (QED) is 0.878. The molecule has 0 aliphatic carbocycles. The van der Waals surface area contributed by atoms with E-state index in [1.807, 2.05) is 0 Å². The molecule has 20 heavy (non-hydrogen) atoms. The van der Waals surface area contributed by atoms with Crippen LogP contribution >= 0.6 is 11.3 Å². The highest BCUT2D eigenvalue weighted by Crippen LogP contribution is 2.23. The van der Waals surface area contributed by atoms with Crippen molar-refractivity contribution in [2.45, 2.75) is 17.2 Å². The van der Waals surface area contributed by atoms with E-state index in [9.17, 15) is 13.2 Å². The smallest absolute Gasteiger partial charge is 0.345 e. The predicted molar refractivity (Wildman–Crippen MR) is 74.3 cm³/mol. The summed E-state index contributed by atoms with van der Waals surface area (Å²) in [6.45, 7) is 1.67. The molecule has 0 aliphatic rings. The zero-order valence-corrected chi connectivity index (χ0v) is 12.1. The molecule has 0 saturated heterocycles. The highest BCUT2D eigenvalue weighted by molar-refractivity contribution is 7.91. The number of aromatic carboxylic acids is 1. The summed E-state index contributed by atoms with van der Waals surface area (Å²) in [4.78, 5) is 14.8. The lowest BCUT2D eigenvalue weighted by Gasteiger charge is -2.12. The number of thiophene rings is 1. The van der Waals surface area contributed by atoms with Crippen LogP contribution < -0.4 is 4.72 Å². The largest absolute Gasteiger partial charge is 0.477 e.